The summed E-state index contributed by atoms with van der Waals surface area (Å²) in [5.74, 6) is 1.18. The second-order valence-electron chi connectivity index (χ2n) is 9.58. The lowest BCUT2D eigenvalue weighted by molar-refractivity contribution is 0.135. The van der Waals surface area contributed by atoms with Gasteiger partial charge < -0.3 is 25.5 Å². The Labute approximate surface area is 236 Å². The van der Waals surface area contributed by atoms with Gasteiger partial charge >= 0.3 is 6.09 Å². The van der Waals surface area contributed by atoms with E-state index in [9.17, 15) is 4.79 Å². The largest absolute Gasteiger partial charge is 0.492 e. The molecule has 40 heavy (non-hydrogen) atoms. The molecule has 4 N–H and O–H groups in total. The number of halogens is 1. The molecule has 8 nitrogen and oxygen atoms in total. The zero-order valence-corrected chi connectivity index (χ0v) is 22.4. The Bertz CT molecular complexity index is 1620. The third-order valence-corrected chi connectivity index (χ3v) is 7.20. The van der Waals surface area contributed by atoms with E-state index in [0.717, 1.165) is 39.2 Å². The van der Waals surface area contributed by atoms with Gasteiger partial charge in [-0.3, -0.25) is 9.88 Å². The third kappa shape index (κ3) is 5.39. The van der Waals surface area contributed by atoms with Gasteiger partial charge in [0.1, 0.15) is 24.1 Å². The molecular weight excluding hydrogens is 526 g/mol. The number of nitrogens with one attached hydrogen (secondary N) is 2. The number of aromatic amines is 1. The average molecular weight is 554 g/mol. The summed E-state index contributed by atoms with van der Waals surface area (Å²) in [6.45, 7) is 1.62. The molecule has 1 unspecified atom stereocenters. The van der Waals surface area contributed by atoms with E-state index in [-0.39, 0.29) is 6.04 Å². The van der Waals surface area contributed by atoms with Crippen LogP contribution in [0.2, 0.25) is 5.02 Å². The quantitative estimate of drug-likeness (QED) is 0.158. The van der Waals surface area contributed by atoms with Crippen molar-refractivity contribution in [3.05, 3.63) is 113 Å². The monoisotopic (exact) mass is 553 g/mol. The number of ether oxygens (including phenoxy) is 2. The second kappa shape index (κ2) is 11.2. The van der Waals surface area contributed by atoms with Crippen LogP contribution in [-0.4, -0.2) is 40.7 Å². The SMILES string of the molecule is Nc1ccc(OC(=O)N2CCc3c([nH]c4ccc(Cl)cc34)C2c2ccc(OCCNc3cccnc3)cc2)cc1. The van der Waals surface area contributed by atoms with Gasteiger partial charge in [0, 0.05) is 52.8 Å². The Morgan fingerprint density at radius 3 is 2.65 bits per heavy atom. The molecule has 0 saturated carbocycles. The minimum absolute atomic E-state index is 0.377. The van der Waals surface area contributed by atoms with Gasteiger partial charge in [0.2, 0.25) is 0 Å². The van der Waals surface area contributed by atoms with Crippen LogP contribution in [0.4, 0.5) is 16.2 Å². The standard InChI is InChI=1S/C31H28ClN5O3/c32-21-5-12-28-27(18-21)26-13-16-37(31(38)40-25-10-6-22(33)7-11-25)30(29(26)36-28)20-3-8-24(9-4-20)39-17-15-35-23-2-1-14-34-19-23/h1-12,14,18-19,30,35-36H,13,15-17,33H2. The number of carbonyl (C=O) groups excluding carboxylic acids is 1. The zero-order valence-electron chi connectivity index (χ0n) is 21.6. The molecule has 9 heteroatoms. The number of nitrogens with zero attached hydrogens (tertiary/aromatic N) is 2. The molecule has 1 aliphatic heterocycles. The molecule has 0 bridgehead atoms. The average Bonchev–Trinajstić information content (AvgIpc) is 3.35. The second-order valence-corrected chi connectivity index (χ2v) is 10.0. The van der Waals surface area contributed by atoms with Gasteiger partial charge in [-0.05, 0) is 84.3 Å². The lowest BCUT2D eigenvalue weighted by atomic mass is 9.92. The Kier molecular flexibility index (Phi) is 7.16. The van der Waals surface area contributed by atoms with Gasteiger partial charge in [0.25, 0.3) is 0 Å². The number of amides is 1. The van der Waals surface area contributed by atoms with Gasteiger partial charge in [-0.15, -0.1) is 0 Å². The number of hydrogen-bond acceptors (Lipinski definition) is 6. The van der Waals surface area contributed by atoms with Crippen molar-refractivity contribution in [2.24, 2.45) is 0 Å². The fraction of sp³-hybridized carbons (Fsp3) is 0.161. The third-order valence-electron chi connectivity index (χ3n) is 6.97. The highest BCUT2D eigenvalue weighted by atomic mass is 35.5. The summed E-state index contributed by atoms with van der Waals surface area (Å²) in [7, 11) is 0. The first kappa shape index (κ1) is 25.6. The van der Waals surface area contributed by atoms with E-state index in [1.54, 1.807) is 41.6 Å². The molecule has 6 rings (SSSR count). The van der Waals surface area contributed by atoms with Gasteiger partial charge in [0.15, 0.2) is 0 Å². The van der Waals surface area contributed by atoms with Crippen molar-refractivity contribution >= 4 is 40.0 Å². The van der Waals surface area contributed by atoms with E-state index < -0.39 is 6.09 Å². The number of fused-ring (bicyclic) bond motifs is 3. The number of hydrogen-bond donors (Lipinski definition) is 3. The fourth-order valence-electron chi connectivity index (χ4n) is 5.08. The lowest BCUT2D eigenvalue weighted by Gasteiger charge is -2.35. The van der Waals surface area contributed by atoms with Crippen molar-refractivity contribution in [1.82, 2.24) is 14.9 Å². The number of anilines is 2. The fourth-order valence-corrected chi connectivity index (χ4v) is 5.25. The molecule has 1 atom stereocenters. The van der Waals surface area contributed by atoms with Crippen LogP contribution in [0.15, 0.2) is 91.3 Å². The first-order chi connectivity index (χ1) is 19.5. The van der Waals surface area contributed by atoms with Crippen LogP contribution in [-0.2, 0) is 6.42 Å². The summed E-state index contributed by atoms with van der Waals surface area (Å²) in [6, 6.07) is 23.9. The van der Waals surface area contributed by atoms with Crippen LogP contribution in [0, 0.1) is 0 Å². The molecule has 0 radical (unpaired) electrons. The molecule has 3 aromatic carbocycles. The van der Waals surface area contributed by atoms with Crippen LogP contribution < -0.4 is 20.5 Å². The molecule has 0 aliphatic carbocycles. The highest BCUT2D eigenvalue weighted by Crippen LogP contribution is 2.40. The summed E-state index contributed by atoms with van der Waals surface area (Å²) < 4.78 is 11.7. The van der Waals surface area contributed by atoms with Gasteiger partial charge in [0.05, 0.1) is 5.69 Å². The van der Waals surface area contributed by atoms with Crippen molar-refractivity contribution in [3.63, 3.8) is 0 Å². The van der Waals surface area contributed by atoms with Crippen molar-refractivity contribution < 1.29 is 14.3 Å². The summed E-state index contributed by atoms with van der Waals surface area (Å²) in [5.41, 5.74) is 11.4. The van der Waals surface area contributed by atoms with E-state index in [4.69, 9.17) is 26.8 Å². The number of benzene rings is 3. The highest BCUT2D eigenvalue weighted by molar-refractivity contribution is 6.31. The van der Waals surface area contributed by atoms with E-state index in [0.29, 0.717) is 42.6 Å². The Balaban J connectivity index is 1.25. The topological polar surface area (TPSA) is 106 Å². The maximum Gasteiger partial charge on any atom is 0.416 e. The normalized spacial score (nSPS) is 14.5. The van der Waals surface area contributed by atoms with E-state index in [1.165, 1.54) is 0 Å². The predicted octanol–water partition coefficient (Wildman–Crippen LogP) is 6.44. The predicted molar refractivity (Wildman–Crippen MR) is 157 cm³/mol. The van der Waals surface area contributed by atoms with E-state index in [2.05, 4.69) is 15.3 Å². The molecule has 5 aromatic rings. The molecule has 202 valence electrons. The number of H-pyrrole nitrogens is 1. The van der Waals surface area contributed by atoms with Crippen molar-refractivity contribution in [2.75, 3.05) is 30.7 Å². The van der Waals surface area contributed by atoms with Crippen molar-refractivity contribution in [1.29, 1.82) is 0 Å². The summed E-state index contributed by atoms with van der Waals surface area (Å²) in [5, 5.41) is 5.03. The first-order valence-corrected chi connectivity index (χ1v) is 13.4. The maximum atomic E-state index is 13.5. The zero-order chi connectivity index (χ0) is 27.5. The van der Waals surface area contributed by atoms with Crippen molar-refractivity contribution in [3.8, 4) is 11.5 Å². The minimum atomic E-state index is -0.432. The van der Waals surface area contributed by atoms with Crippen LogP contribution >= 0.6 is 11.6 Å². The molecule has 0 saturated heterocycles. The number of nitrogen functional groups attached to an aromatic ring is 1. The molecule has 0 spiro atoms. The number of pyridine rings is 1. The molecule has 1 aliphatic rings. The number of aromatic nitrogens is 2. The molecule has 1 amide bonds. The maximum absolute atomic E-state index is 13.5. The molecular formula is C31H28ClN5O3. The first-order valence-electron chi connectivity index (χ1n) is 13.1. The van der Waals surface area contributed by atoms with E-state index >= 15 is 0 Å². The van der Waals surface area contributed by atoms with Gasteiger partial charge in [-0.25, -0.2) is 4.79 Å². The summed E-state index contributed by atoms with van der Waals surface area (Å²) in [6.07, 6.45) is 3.75. The van der Waals surface area contributed by atoms with Crippen LogP contribution in [0.25, 0.3) is 10.9 Å². The van der Waals surface area contributed by atoms with Gasteiger partial charge in [-0.1, -0.05) is 23.7 Å². The number of carbonyl (C=O) groups is 1. The number of nitrogens with two attached hydrogens (primary N) is 1. The van der Waals surface area contributed by atoms with Crippen LogP contribution in [0.5, 0.6) is 11.5 Å². The number of rotatable bonds is 7. The Morgan fingerprint density at radius 1 is 1.07 bits per heavy atom. The minimum Gasteiger partial charge on any atom is -0.492 e. The molecule has 3 heterocycles. The summed E-state index contributed by atoms with van der Waals surface area (Å²) in [4.78, 5) is 22.9. The Hall–Kier alpha value is -4.69. The Morgan fingerprint density at radius 2 is 1.88 bits per heavy atom. The van der Waals surface area contributed by atoms with Crippen molar-refractivity contribution in [2.45, 2.75) is 12.5 Å². The van der Waals surface area contributed by atoms with Crippen LogP contribution in [0.1, 0.15) is 22.9 Å². The van der Waals surface area contributed by atoms with Crippen LogP contribution in [0.3, 0.4) is 0 Å². The van der Waals surface area contributed by atoms with E-state index in [1.807, 2.05) is 54.6 Å². The summed E-state index contributed by atoms with van der Waals surface area (Å²) >= 11 is 6.33. The molecule has 0 fully saturated rings. The highest BCUT2D eigenvalue weighted by Gasteiger charge is 2.35. The van der Waals surface area contributed by atoms with Gasteiger partial charge in [-0.2, -0.15) is 0 Å². The molecule has 2 aromatic heterocycles. The lowest BCUT2D eigenvalue weighted by Crippen LogP contribution is -2.42. The smallest absolute Gasteiger partial charge is 0.416 e.